The molecule has 7 heteroatoms. The number of benzene rings is 2. The first-order valence-electron chi connectivity index (χ1n) is 12.1. The molecule has 4 rings (SSSR count). The maximum Gasteiger partial charge on any atom is 0.243 e. The standard InChI is InChI=1S/C26H35N3O3S/c30-26(24-10-7-16-29(21-24)33(31,32)25-11-5-2-6-12-25)27-15-19-28-17-13-23(14-18-28)20-22-8-3-1-4-9-22/h1-6,8-9,11-12,23-24H,7,10,13-21H2,(H,27,30). The Morgan fingerprint density at radius 2 is 1.58 bits per heavy atom. The van der Waals surface area contributed by atoms with Crippen molar-refractivity contribution in [1.82, 2.24) is 14.5 Å². The Morgan fingerprint density at radius 1 is 0.909 bits per heavy atom. The molecule has 2 aromatic carbocycles. The summed E-state index contributed by atoms with van der Waals surface area (Å²) in [7, 11) is -3.55. The molecule has 6 nitrogen and oxygen atoms in total. The third-order valence-electron chi connectivity index (χ3n) is 6.94. The van der Waals surface area contributed by atoms with E-state index in [1.165, 1.54) is 22.7 Å². The predicted octanol–water partition coefficient (Wildman–Crippen LogP) is 3.16. The van der Waals surface area contributed by atoms with Gasteiger partial charge in [-0.25, -0.2) is 8.42 Å². The molecule has 178 valence electrons. The first-order chi connectivity index (χ1) is 16.0. The van der Waals surface area contributed by atoms with Crippen LogP contribution >= 0.6 is 0 Å². The van der Waals surface area contributed by atoms with E-state index in [4.69, 9.17) is 0 Å². The van der Waals surface area contributed by atoms with Crippen LogP contribution in [0.3, 0.4) is 0 Å². The van der Waals surface area contributed by atoms with Gasteiger partial charge in [-0.15, -0.1) is 0 Å². The molecule has 1 unspecified atom stereocenters. The lowest BCUT2D eigenvalue weighted by molar-refractivity contribution is -0.126. The average Bonchev–Trinajstić information content (AvgIpc) is 2.86. The molecular weight excluding hydrogens is 434 g/mol. The lowest BCUT2D eigenvalue weighted by Crippen LogP contribution is -2.47. The molecule has 0 spiro atoms. The van der Waals surface area contributed by atoms with Crippen LogP contribution < -0.4 is 5.32 Å². The van der Waals surface area contributed by atoms with Crippen molar-refractivity contribution >= 4 is 15.9 Å². The molecule has 1 atom stereocenters. The summed E-state index contributed by atoms with van der Waals surface area (Å²) in [6.07, 6.45) is 4.97. The number of nitrogens with zero attached hydrogens (tertiary/aromatic N) is 2. The molecule has 2 aliphatic rings. The smallest absolute Gasteiger partial charge is 0.243 e. The Kier molecular flexibility index (Phi) is 8.17. The number of hydrogen-bond donors (Lipinski definition) is 1. The van der Waals surface area contributed by atoms with Crippen LogP contribution in [0.4, 0.5) is 0 Å². The van der Waals surface area contributed by atoms with Crippen LogP contribution in [-0.2, 0) is 21.2 Å². The van der Waals surface area contributed by atoms with Gasteiger partial charge in [0, 0.05) is 26.2 Å². The van der Waals surface area contributed by atoms with Crippen LogP contribution in [0.15, 0.2) is 65.6 Å². The second kappa shape index (κ2) is 11.3. The van der Waals surface area contributed by atoms with E-state index in [0.717, 1.165) is 38.4 Å². The third-order valence-corrected chi connectivity index (χ3v) is 8.82. The van der Waals surface area contributed by atoms with Crippen molar-refractivity contribution in [2.24, 2.45) is 11.8 Å². The number of carbonyl (C=O) groups is 1. The molecule has 1 N–H and O–H groups in total. The molecular formula is C26H35N3O3S. The van der Waals surface area contributed by atoms with Crippen molar-refractivity contribution in [1.29, 1.82) is 0 Å². The third kappa shape index (κ3) is 6.43. The summed E-state index contributed by atoms with van der Waals surface area (Å²) in [6.45, 7) is 4.33. The van der Waals surface area contributed by atoms with Gasteiger partial charge in [-0.1, -0.05) is 48.5 Å². The molecule has 1 amide bonds. The van der Waals surface area contributed by atoms with Crippen molar-refractivity contribution in [3.63, 3.8) is 0 Å². The van der Waals surface area contributed by atoms with Crippen molar-refractivity contribution < 1.29 is 13.2 Å². The summed E-state index contributed by atoms with van der Waals surface area (Å²) in [5.41, 5.74) is 1.42. The fourth-order valence-corrected chi connectivity index (χ4v) is 6.50. The molecule has 0 saturated carbocycles. The van der Waals surface area contributed by atoms with Crippen LogP contribution in [0.5, 0.6) is 0 Å². The van der Waals surface area contributed by atoms with Crippen LogP contribution in [0.1, 0.15) is 31.2 Å². The van der Waals surface area contributed by atoms with Gasteiger partial charge in [0.2, 0.25) is 15.9 Å². The van der Waals surface area contributed by atoms with Gasteiger partial charge in [-0.3, -0.25) is 4.79 Å². The van der Waals surface area contributed by atoms with Gasteiger partial charge in [0.1, 0.15) is 0 Å². The lowest BCUT2D eigenvalue weighted by atomic mass is 9.90. The maximum atomic E-state index is 12.9. The highest BCUT2D eigenvalue weighted by Crippen LogP contribution is 2.24. The van der Waals surface area contributed by atoms with Gasteiger partial charge in [0.25, 0.3) is 0 Å². The van der Waals surface area contributed by atoms with Gasteiger partial charge in [0.15, 0.2) is 0 Å². The summed E-state index contributed by atoms with van der Waals surface area (Å²) < 4.78 is 27.3. The summed E-state index contributed by atoms with van der Waals surface area (Å²) in [5.74, 6) is 0.425. The van der Waals surface area contributed by atoms with Gasteiger partial charge >= 0.3 is 0 Å². The lowest BCUT2D eigenvalue weighted by Gasteiger charge is -2.33. The van der Waals surface area contributed by atoms with Gasteiger partial charge in [0.05, 0.1) is 10.8 Å². The Labute approximate surface area is 198 Å². The zero-order valence-corrected chi connectivity index (χ0v) is 20.1. The van der Waals surface area contributed by atoms with E-state index in [1.807, 2.05) is 0 Å². The molecule has 0 aromatic heterocycles. The SMILES string of the molecule is O=C(NCCN1CCC(Cc2ccccc2)CC1)C1CCCN(S(=O)(=O)c2ccccc2)C1. The first-order valence-corrected chi connectivity index (χ1v) is 13.6. The number of nitrogens with one attached hydrogen (secondary N) is 1. The topological polar surface area (TPSA) is 69.7 Å². The molecule has 2 aliphatic heterocycles. The number of hydrogen-bond acceptors (Lipinski definition) is 4. The number of amides is 1. The summed E-state index contributed by atoms with van der Waals surface area (Å²) in [4.78, 5) is 15.5. The van der Waals surface area contributed by atoms with E-state index < -0.39 is 10.0 Å². The molecule has 0 radical (unpaired) electrons. The molecule has 2 fully saturated rings. The normalized spacial score (nSPS) is 21.0. The Morgan fingerprint density at radius 3 is 2.27 bits per heavy atom. The molecule has 2 aromatic rings. The van der Waals surface area contributed by atoms with E-state index in [-0.39, 0.29) is 18.4 Å². The van der Waals surface area contributed by atoms with E-state index in [0.29, 0.717) is 24.4 Å². The average molecular weight is 470 g/mol. The van der Waals surface area contributed by atoms with Gasteiger partial charge in [-0.05, 0) is 68.8 Å². The van der Waals surface area contributed by atoms with Gasteiger partial charge < -0.3 is 10.2 Å². The minimum Gasteiger partial charge on any atom is -0.355 e. The number of likely N-dealkylation sites (tertiary alicyclic amines) is 1. The molecule has 2 heterocycles. The van der Waals surface area contributed by atoms with Crippen molar-refractivity contribution in [2.75, 3.05) is 39.3 Å². The highest BCUT2D eigenvalue weighted by Gasteiger charge is 2.33. The monoisotopic (exact) mass is 469 g/mol. The van der Waals surface area contributed by atoms with Crippen LogP contribution in [0, 0.1) is 11.8 Å². The molecule has 0 aliphatic carbocycles. The van der Waals surface area contributed by atoms with E-state index >= 15 is 0 Å². The second-order valence-electron chi connectivity index (χ2n) is 9.28. The minimum absolute atomic E-state index is 0.0260. The number of carbonyl (C=O) groups excluding carboxylic acids is 1. The minimum atomic E-state index is -3.55. The number of rotatable bonds is 8. The fraction of sp³-hybridized carbons (Fsp3) is 0.500. The Bertz CT molecular complexity index is 990. The number of sulfonamides is 1. The summed E-state index contributed by atoms with van der Waals surface area (Å²) >= 11 is 0. The molecule has 0 bridgehead atoms. The van der Waals surface area contributed by atoms with Crippen molar-refractivity contribution in [2.45, 2.75) is 37.0 Å². The van der Waals surface area contributed by atoms with E-state index in [1.54, 1.807) is 30.3 Å². The van der Waals surface area contributed by atoms with Crippen LogP contribution in [0.2, 0.25) is 0 Å². The zero-order valence-electron chi connectivity index (χ0n) is 19.2. The zero-order chi connectivity index (χ0) is 23.1. The number of piperidine rings is 2. The molecule has 33 heavy (non-hydrogen) atoms. The first kappa shape index (κ1) is 23.9. The fourth-order valence-electron chi connectivity index (χ4n) is 4.96. The van der Waals surface area contributed by atoms with Crippen LogP contribution in [-0.4, -0.2) is 62.8 Å². The highest BCUT2D eigenvalue weighted by molar-refractivity contribution is 7.89. The van der Waals surface area contributed by atoms with Crippen molar-refractivity contribution in [3.05, 3.63) is 66.2 Å². The van der Waals surface area contributed by atoms with E-state index in [2.05, 4.69) is 40.5 Å². The second-order valence-corrected chi connectivity index (χ2v) is 11.2. The molecule has 2 saturated heterocycles. The quantitative estimate of drug-likeness (QED) is 0.645. The maximum absolute atomic E-state index is 12.9. The largest absolute Gasteiger partial charge is 0.355 e. The van der Waals surface area contributed by atoms with Crippen molar-refractivity contribution in [3.8, 4) is 0 Å². The highest BCUT2D eigenvalue weighted by atomic mass is 32.2. The van der Waals surface area contributed by atoms with Crippen LogP contribution in [0.25, 0.3) is 0 Å². The predicted molar refractivity (Wildman–Crippen MR) is 130 cm³/mol. The van der Waals surface area contributed by atoms with Gasteiger partial charge in [-0.2, -0.15) is 4.31 Å². The van der Waals surface area contributed by atoms with E-state index in [9.17, 15) is 13.2 Å². The Hall–Kier alpha value is -2.22. The summed E-state index contributed by atoms with van der Waals surface area (Å²) in [6, 6.07) is 19.2. The summed E-state index contributed by atoms with van der Waals surface area (Å²) in [5, 5.41) is 3.06. The Balaban J connectivity index is 1.19.